The summed E-state index contributed by atoms with van der Waals surface area (Å²) >= 11 is 1.56. The van der Waals surface area contributed by atoms with Gasteiger partial charge in [-0.25, -0.2) is 4.98 Å². The predicted octanol–water partition coefficient (Wildman–Crippen LogP) is 1.12. The highest BCUT2D eigenvalue weighted by Gasteiger charge is 2.00. The molecule has 0 aliphatic rings. The molecule has 0 saturated heterocycles. The minimum Gasteiger partial charge on any atom is -0.309 e. The molecule has 0 fully saturated rings. The van der Waals surface area contributed by atoms with Crippen molar-refractivity contribution in [1.82, 2.24) is 9.88 Å². The molecule has 64 valence electrons. The second-order valence-corrected chi connectivity index (χ2v) is 3.73. The summed E-state index contributed by atoms with van der Waals surface area (Å²) in [5.74, 6) is 0. The van der Waals surface area contributed by atoms with Crippen LogP contribution in [0.25, 0.3) is 0 Å². The van der Waals surface area contributed by atoms with Crippen LogP contribution in [0.3, 0.4) is 0 Å². The van der Waals surface area contributed by atoms with Crippen molar-refractivity contribution in [2.75, 3.05) is 20.6 Å². The average Bonchev–Trinajstić information content (AvgIpc) is 2.48. The zero-order valence-corrected chi connectivity index (χ0v) is 8.06. The van der Waals surface area contributed by atoms with E-state index in [9.17, 15) is 0 Å². The summed E-state index contributed by atoms with van der Waals surface area (Å²) in [5, 5.41) is 11.4. The van der Waals surface area contributed by atoms with Crippen molar-refractivity contribution in [3.05, 3.63) is 16.1 Å². The van der Waals surface area contributed by atoms with E-state index >= 15 is 0 Å². The Hall–Kier alpha value is -0.920. The average molecular weight is 181 g/mol. The standard InChI is InChI=1S/C8H11N3S/c1-11(2)4-3-8-10-7(5-9)6-12-8/h6H,3-4H2,1-2H3. The minimum atomic E-state index is 0.536. The summed E-state index contributed by atoms with van der Waals surface area (Å²) in [6.45, 7) is 0.985. The van der Waals surface area contributed by atoms with Crippen molar-refractivity contribution in [3.8, 4) is 6.07 Å². The SMILES string of the molecule is CN(C)CCc1nc(C#N)cs1. The molecule has 0 unspecified atom stereocenters. The van der Waals surface area contributed by atoms with E-state index in [0.29, 0.717) is 5.69 Å². The molecule has 0 aromatic carbocycles. The molecule has 0 atom stereocenters. The van der Waals surface area contributed by atoms with Gasteiger partial charge in [0.2, 0.25) is 0 Å². The first-order valence-corrected chi connectivity index (χ1v) is 4.59. The number of thiazole rings is 1. The van der Waals surface area contributed by atoms with Crippen LogP contribution in [0.5, 0.6) is 0 Å². The highest BCUT2D eigenvalue weighted by atomic mass is 32.1. The van der Waals surface area contributed by atoms with Crippen molar-refractivity contribution in [2.45, 2.75) is 6.42 Å². The van der Waals surface area contributed by atoms with Crippen LogP contribution in [0.15, 0.2) is 5.38 Å². The first-order valence-electron chi connectivity index (χ1n) is 3.71. The van der Waals surface area contributed by atoms with Gasteiger partial charge in [0.05, 0.1) is 5.01 Å². The number of likely N-dealkylation sites (N-methyl/N-ethyl adjacent to an activating group) is 1. The third kappa shape index (κ3) is 2.61. The maximum Gasteiger partial charge on any atom is 0.151 e. The molecule has 1 aromatic heterocycles. The lowest BCUT2D eigenvalue weighted by Crippen LogP contribution is -2.14. The highest BCUT2D eigenvalue weighted by Crippen LogP contribution is 2.09. The Morgan fingerprint density at radius 1 is 1.67 bits per heavy atom. The van der Waals surface area contributed by atoms with E-state index in [1.54, 1.807) is 16.7 Å². The van der Waals surface area contributed by atoms with Gasteiger partial charge >= 0.3 is 0 Å². The zero-order valence-electron chi connectivity index (χ0n) is 7.24. The molecule has 0 amide bonds. The quantitative estimate of drug-likeness (QED) is 0.701. The topological polar surface area (TPSA) is 39.9 Å². The normalized spacial score (nSPS) is 10.2. The predicted molar refractivity (Wildman–Crippen MR) is 49.1 cm³/mol. The first kappa shape index (κ1) is 9.17. The van der Waals surface area contributed by atoms with E-state index in [1.165, 1.54) is 0 Å². The summed E-state index contributed by atoms with van der Waals surface area (Å²) in [4.78, 5) is 6.24. The molecule has 1 rings (SSSR count). The fourth-order valence-electron chi connectivity index (χ4n) is 0.796. The first-order chi connectivity index (χ1) is 5.72. The van der Waals surface area contributed by atoms with Gasteiger partial charge in [-0.1, -0.05) is 0 Å². The van der Waals surface area contributed by atoms with E-state index in [0.717, 1.165) is 18.0 Å². The van der Waals surface area contributed by atoms with Crippen molar-refractivity contribution < 1.29 is 0 Å². The van der Waals surface area contributed by atoms with Crippen LogP contribution < -0.4 is 0 Å². The van der Waals surface area contributed by atoms with Gasteiger partial charge in [0, 0.05) is 18.3 Å². The lowest BCUT2D eigenvalue weighted by atomic mass is 10.4. The van der Waals surface area contributed by atoms with Gasteiger partial charge in [0.25, 0.3) is 0 Å². The van der Waals surface area contributed by atoms with Gasteiger partial charge < -0.3 is 4.90 Å². The van der Waals surface area contributed by atoms with Crippen LogP contribution in [0.1, 0.15) is 10.7 Å². The number of nitriles is 1. The van der Waals surface area contributed by atoms with E-state index in [4.69, 9.17) is 5.26 Å². The van der Waals surface area contributed by atoms with Crippen LogP contribution in [-0.2, 0) is 6.42 Å². The number of nitrogens with zero attached hydrogens (tertiary/aromatic N) is 3. The molecular formula is C8H11N3S. The number of hydrogen-bond acceptors (Lipinski definition) is 4. The van der Waals surface area contributed by atoms with Crippen LogP contribution in [0.2, 0.25) is 0 Å². The third-order valence-corrected chi connectivity index (χ3v) is 2.35. The Balaban J connectivity index is 2.48. The van der Waals surface area contributed by atoms with Crippen LogP contribution >= 0.6 is 11.3 Å². The van der Waals surface area contributed by atoms with Crippen molar-refractivity contribution >= 4 is 11.3 Å². The molecule has 12 heavy (non-hydrogen) atoms. The lowest BCUT2D eigenvalue weighted by molar-refractivity contribution is 0.413. The smallest absolute Gasteiger partial charge is 0.151 e. The Labute approximate surface area is 76.3 Å². The molecule has 0 aliphatic heterocycles. The molecule has 4 heteroatoms. The largest absolute Gasteiger partial charge is 0.309 e. The molecule has 0 saturated carbocycles. The Morgan fingerprint density at radius 2 is 2.42 bits per heavy atom. The zero-order chi connectivity index (χ0) is 8.97. The summed E-state index contributed by atoms with van der Waals surface area (Å²) in [7, 11) is 4.05. The third-order valence-electron chi connectivity index (χ3n) is 1.44. The number of hydrogen-bond donors (Lipinski definition) is 0. The molecule has 0 spiro atoms. The van der Waals surface area contributed by atoms with Gasteiger partial charge in [-0.15, -0.1) is 11.3 Å². The Bertz CT molecular complexity index is 285. The van der Waals surface area contributed by atoms with Crippen molar-refractivity contribution in [1.29, 1.82) is 5.26 Å². The monoisotopic (exact) mass is 181 g/mol. The molecular weight excluding hydrogens is 170 g/mol. The molecule has 1 heterocycles. The van der Waals surface area contributed by atoms with Crippen molar-refractivity contribution in [2.24, 2.45) is 0 Å². The lowest BCUT2D eigenvalue weighted by Gasteiger charge is -2.06. The van der Waals surface area contributed by atoms with E-state index in [-0.39, 0.29) is 0 Å². The summed E-state index contributed by atoms with van der Waals surface area (Å²) in [6.07, 6.45) is 0.930. The molecule has 0 aliphatic carbocycles. The number of aromatic nitrogens is 1. The molecule has 0 radical (unpaired) electrons. The van der Waals surface area contributed by atoms with Gasteiger partial charge in [-0.3, -0.25) is 0 Å². The number of rotatable bonds is 3. The van der Waals surface area contributed by atoms with Gasteiger partial charge in [0.15, 0.2) is 5.69 Å². The summed E-state index contributed by atoms with van der Waals surface area (Å²) in [5.41, 5.74) is 0.536. The summed E-state index contributed by atoms with van der Waals surface area (Å²) in [6, 6.07) is 2.02. The fraction of sp³-hybridized carbons (Fsp3) is 0.500. The highest BCUT2D eigenvalue weighted by molar-refractivity contribution is 7.09. The Morgan fingerprint density at radius 3 is 2.92 bits per heavy atom. The summed E-state index contributed by atoms with van der Waals surface area (Å²) < 4.78 is 0. The van der Waals surface area contributed by atoms with Gasteiger partial charge in [0.1, 0.15) is 6.07 Å². The van der Waals surface area contributed by atoms with E-state index in [2.05, 4.69) is 9.88 Å². The second kappa shape index (κ2) is 4.19. The molecule has 0 bridgehead atoms. The molecule has 3 nitrogen and oxygen atoms in total. The molecule has 0 N–H and O–H groups in total. The second-order valence-electron chi connectivity index (χ2n) is 2.79. The van der Waals surface area contributed by atoms with Gasteiger partial charge in [-0.2, -0.15) is 5.26 Å². The van der Waals surface area contributed by atoms with Crippen molar-refractivity contribution in [3.63, 3.8) is 0 Å². The molecule has 1 aromatic rings. The van der Waals surface area contributed by atoms with Crippen LogP contribution in [0, 0.1) is 11.3 Å². The Kier molecular flexibility index (Phi) is 3.20. The van der Waals surface area contributed by atoms with E-state index < -0.39 is 0 Å². The van der Waals surface area contributed by atoms with Crippen LogP contribution in [0.4, 0.5) is 0 Å². The van der Waals surface area contributed by atoms with Crippen LogP contribution in [-0.4, -0.2) is 30.5 Å². The fourth-order valence-corrected chi connectivity index (χ4v) is 1.51. The minimum absolute atomic E-state index is 0.536. The maximum atomic E-state index is 8.51. The maximum absolute atomic E-state index is 8.51. The van der Waals surface area contributed by atoms with E-state index in [1.807, 2.05) is 20.2 Å². The van der Waals surface area contributed by atoms with Gasteiger partial charge in [-0.05, 0) is 14.1 Å².